The van der Waals surface area contributed by atoms with E-state index in [1.165, 1.54) is 13.2 Å². The Balaban J connectivity index is 1.49. The zero-order valence-electron chi connectivity index (χ0n) is 20.2. The van der Waals surface area contributed by atoms with Crippen molar-refractivity contribution in [3.05, 3.63) is 84.2 Å². The first-order chi connectivity index (χ1) is 17.9. The predicted molar refractivity (Wildman–Crippen MR) is 136 cm³/mol. The Bertz CT molecular complexity index is 1400. The number of hydrogen-bond acceptors (Lipinski definition) is 6. The van der Waals surface area contributed by atoms with Crippen LogP contribution in [0.4, 0.5) is 26.2 Å². The number of fused-ring (bicyclic) bond motifs is 4. The number of anilines is 3. The molecule has 2 fully saturated rings. The summed E-state index contributed by atoms with van der Waals surface area (Å²) in [5.41, 5.74) is 0.615. The van der Waals surface area contributed by atoms with Crippen molar-refractivity contribution in [2.45, 2.75) is 12.5 Å². The van der Waals surface area contributed by atoms with Crippen LogP contribution in [-0.2, 0) is 16.0 Å². The summed E-state index contributed by atoms with van der Waals surface area (Å²) in [6.07, 6.45) is -0.0194. The molecule has 0 radical (unpaired) electrons. The van der Waals surface area contributed by atoms with Crippen molar-refractivity contribution in [1.29, 1.82) is 0 Å². The van der Waals surface area contributed by atoms with E-state index in [0.29, 0.717) is 42.3 Å². The van der Waals surface area contributed by atoms with Crippen molar-refractivity contribution in [2.24, 2.45) is 5.41 Å². The first kappa shape index (κ1) is 23.0. The normalized spacial score (nSPS) is 23.0. The Kier molecular flexibility index (Phi) is 5.36. The average Bonchev–Trinajstić information content (AvgIpc) is 2.92. The fraction of sp³-hybridized carbons (Fsp3) is 0.250. The van der Waals surface area contributed by atoms with Gasteiger partial charge in [0.05, 0.1) is 24.5 Å². The lowest BCUT2D eigenvalue weighted by molar-refractivity contribution is -0.144. The second-order valence-electron chi connectivity index (χ2n) is 9.48. The van der Waals surface area contributed by atoms with Gasteiger partial charge < -0.3 is 14.5 Å². The Morgan fingerprint density at radius 1 is 0.919 bits per heavy atom. The zero-order chi connectivity index (χ0) is 25.7. The summed E-state index contributed by atoms with van der Waals surface area (Å²) >= 11 is 0. The molecule has 6 rings (SSSR count). The van der Waals surface area contributed by atoms with Crippen LogP contribution >= 0.6 is 0 Å². The van der Waals surface area contributed by atoms with E-state index in [-0.39, 0.29) is 6.42 Å². The quantitative estimate of drug-likeness (QED) is 0.556. The van der Waals surface area contributed by atoms with Gasteiger partial charge in [0, 0.05) is 31.7 Å². The first-order valence-corrected chi connectivity index (χ1v) is 12.1. The number of imide groups is 2. The largest absolute Gasteiger partial charge is 0.497 e. The third-order valence-electron chi connectivity index (χ3n) is 7.64. The highest BCUT2D eigenvalue weighted by Crippen LogP contribution is 2.47. The topological polar surface area (TPSA) is 82.2 Å². The van der Waals surface area contributed by atoms with Gasteiger partial charge in [0.2, 0.25) is 5.91 Å². The molecule has 0 aliphatic carbocycles. The number of rotatable bonds is 3. The van der Waals surface area contributed by atoms with E-state index in [2.05, 4.69) is 10.2 Å². The van der Waals surface area contributed by atoms with Crippen LogP contribution in [0.15, 0.2) is 72.8 Å². The summed E-state index contributed by atoms with van der Waals surface area (Å²) in [6.45, 7) is 1.30. The fourth-order valence-corrected chi connectivity index (χ4v) is 5.86. The van der Waals surface area contributed by atoms with Crippen LogP contribution in [0.5, 0.6) is 5.75 Å². The monoisotopic (exact) mass is 500 g/mol. The van der Waals surface area contributed by atoms with Crippen molar-refractivity contribution < 1.29 is 23.5 Å². The molecule has 4 amide bonds. The number of nitrogens with zero attached hydrogens (tertiary/aromatic N) is 3. The lowest BCUT2D eigenvalue weighted by Crippen LogP contribution is -2.75. The van der Waals surface area contributed by atoms with Gasteiger partial charge >= 0.3 is 6.03 Å². The molecule has 2 saturated heterocycles. The molecule has 1 N–H and O–H groups in total. The van der Waals surface area contributed by atoms with E-state index in [9.17, 15) is 14.4 Å². The third kappa shape index (κ3) is 3.45. The van der Waals surface area contributed by atoms with Gasteiger partial charge in [0.1, 0.15) is 11.6 Å². The number of barbiturate groups is 1. The van der Waals surface area contributed by atoms with Crippen molar-refractivity contribution in [3.63, 3.8) is 0 Å². The second kappa shape index (κ2) is 8.62. The molecule has 3 aliphatic rings. The molecular weight excluding hydrogens is 475 g/mol. The van der Waals surface area contributed by atoms with E-state index in [4.69, 9.17) is 4.74 Å². The molecule has 2 atom stereocenters. The molecule has 188 valence electrons. The maximum Gasteiger partial charge on any atom is 0.335 e. The lowest BCUT2D eigenvalue weighted by Gasteiger charge is -2.55. The Hall–Kier alpha value is -4.40. The summed E-state index contributed by atoms with van der Waals surface area (Å²) in [4.78, 5) is 46.0. The number of amides is 4. The predicted octanol–water partition coefficient (Wildman–Crippen LogP) is 3.36. The molecule has 0 bridgehead atoms. The van der Waals surface area contributed by atoms with E-state index in [1.807, 2.05) is 35.2 Å². The molecule has 0 aromatic heterocycles. The summed E-state index contributed by atoms with van der Waals surface area (Å²) in [5, 5.41) is 2.44. The number of halogens is 1. The van der Waals surface area contributed by atoms with Crippen LogP contribution in [-0.4, -0.2) is 50.6 Å². The number of para-hydroxylation sites is 2. The van der Waals surface area contributed by atoms with Crippen LogP contribution in [0.1, 0.15) is 5.56 Å². The molecule has 8 nitrogen and oxygen atoms in total. The van der Waals surface area contributed by atoms with Gasteiger partial charge in [-0.3, -0.25) is 14.9 Å². The molecule has 3 aromatic carbocycles. The first-order valence-electron chi connectivity index (χ1n) is 12.1. The molecular formula is C28H25FN4O4. The maximum absolute atomic E-state index is 15.2. The number of methoxy groups -OCH3 is 1. The van der Waals surface area contributed by atoms with E-state index >= 15 is 4.39 Å². The summed E-state index contributed by atoms with van der Waals surface area (Å²) in [5.74, 6) is -1.10. The highest BCUT2D eigenvalue weighted by molar-refractivity contribution is 6.30. The maximum atomic E-state index is 15.2. The molecule has 3 aliphatic heterocycles. The second-order valence-corrected chi connectivity index (χ2v) is 9.48. The standard InChI is InChI=1S/C28H25FN4O4/c1-37-21-12-10-20(11-13-21)33-26(35)28(25(34)30-27(33)36)16-18-6-5-9-22(29)24(18)32-15-14-31(17-23(28)32)19-7-3-2-4-8-19/h2-13,23H,14-17H2,1H3,(H,30,34,36)/t23-,28+/m0/s1. The molecule has 9 heteroatoms. The number of nitrogens with one attached hydrogen (secondary N) is 1. The van der Waals surface area contributed by atoms with Crippen LogP contribution in [0.25, 0.3) is 0 Å². The van der Waals surface area contributed by atoms with Crippen molar-refractivity contribution in [2.75, 3.05) is 41.4 Å². The number of carbonyl (C=O) groups is 3. The molecule has 0 unspecified atom stereocenters. The number of ether oxygens (including phenoxy) is 1. The van der Waals surface area contributed by atoms with Gasteiger partial charge in [0.15, 0.2) is 5.41 Å². The Labute approximate surface area is 213 Å². The lowest BCUT2D eigenvalue weighted by atomic mass is 9.67. The molecule has 0 saturated carbocycles. The minimum atomic E-state index is -1.64. The number of carbonyl (C=O) groups excluding carboxylic acids is 3. The summed E-state index contributed by atoms with van der Waals surface area (Å²) < 4.78 is 20.4. The van der Waals surface area contributed by atoms with Crippen molar-refractivity contribution >= 4 is 34.9 Å². The molecule has 3 heterocycles. The van der Waals surface area contributed by atoms with E-state index in [0.717, 1.165) is 10.6 Å². The number of urea groups is 1. The van der Waals surface area contributed by atoms with Gasteiger partial charge in [-0.15, -0.1) is 0 Å². The average molecular weight is 501 g/mol. The van der Waals surface area contributed by atoms with E-state index in [1.54, 1.807) is 36.4 Å². The zero-order valence-corrected chi connectivity index (χ0v) is 20.2. The van der Waals surface area contributed by atoms with Crippen LogP contribution in [0.2, 0.25) is 0 Å². The van der Waals surface area contributed by atoms with Gasteiger partial charge in [0.25, 0.3) is 5.91 Å². The minimum absolute atomic E-state index is 0.0194. The van der Waals surface area contributed by atoms with Gasteiger partial charge in [-0.25, -0.2) is 14.1 Å². The number of benzene rings is 3. The fourth-order valence-electron chi connectivity index (χ4n) is 5.86. The Morgan fingerprint density at radius 2 is 1.68 bits per heavy atom. The SMILES string of the molecule is COc1ccc(N2C(=O)NC(=O)[C@]3(Cc4cccc(F)c4N4CCN(c5ccccc5)C[C@H]43)C2=O)cc1. The van der Waals surface area contributed by atoms with Gasteiger partial charge in [-0.2, -0.15) is 0 Å². The Morgan fingerprint density at radius 3 is 2.41 bits per heavy atom. The molecule has 37 heavy (non-hydrogen) atoms. The highest BCUT2D eigenvalue weighted by atomic mass is 19.1. The van der Waals surface area contributed by atoms with E-state index < -0.39 is 35.1 Å². The minimum Gasteiger partial charge on any atom is -0.497 e. The molecule has 1 spiro atoms. The highest BCUT2D eigenvalue weighted by Gasteiger charge is 2.63. The van der Waals surface area contributed by atoms with Crippen molar-refractivity contribution in [3.8, 4) is 5.75 Å². The van der Waals surface area contributed by atoms with Crippen molar-refractivity contribution in [1.82, 2.24) is 5.32 Å². The van der Waals surface area contributed by atoms with Crippen LogP contribution in [0.3, 0.4) is 0 Å². The number of hydrogen-bond donors (Lipinski definition) is 1. The molecule has 3 aromatic rings. The van der Waals surface area contributed by atoms with Gasteiger partial charge in [-0.05, 0) is 48.0 Å². The third-order valence-corrected chi connectivity index (χ3v) is 7.64. The van der Waals surface area contributed by atoms with Gasteiger partial charge in [-0.1, -0.05) is 30.3 Å². The number of piperazine rings is 1. The summed E-state index contributed by atoms with van der Waals surface area (Å²) in [6, 6.07) is 19.4. The van der Waals surface area contributed by atoms with Crippen LogP contribution in [0, 0.1) is 11.2 Å². The van der Waals surface area contributed by atoms with Crippen LogP contribution < -0.4 is 24.8 Å². The summed E-state index contributed by atoms with van der Waals surface area (Å²) in [7, 11) is 1.52. The smallest absolute Gasteiger partial charge is 0.335 e.